The number of nitrogens with one attached hydrogen (secondary N) is 1. The van der Waals surface area contributed by atoms with Crippen molar-refractivity contribution >= 4 is 28.4 Å². The van der Waals surface area contributed by atoms with Gasteiger partial charge in [-0.15, -0.1) is 0 Å². The van der Waals surface area contributed by atoms with E-state index >= 15 is 0 Å². The average Bonchev–Trinajstić information content (AvgIpc) is 2.68. The summed E-state index contributed by atoms with van der Waals surface area (Å²) in [6, 6.07) is 0. The molecule has 0 saturated heterocycles. The second kappa shape index (κ2) is 6.18. The zero-order chi connectivity index (χ0) is 15.5. The Morgan fingerprint density at radius 1 is 1.45 bits per heavy atom. The Bertz CT molecular complexity index is 516. The molecule has 0 aliphatic rings. The number of carbonyl (C=O) groups excluding carboxylic acids is 1. The fourth-order valence-corrected chi connectivity index (χ4v) is 2.24. The smallest absolute Gasteiger partial charge is 0.401 e. The molecule has 1 heterocycles. The zero-order valence-corrected chi connectivity index (χ0v) is 11.4. The van der Waals surface area contributed by atoms with Gasteiger partial charge in [-0.2, -0.15) is 17.5 Å². The number of aromatic nitrogens is 1. The van der Waals surface area contributed by atoms with Crippen LogP contribution < -0.4 is 10.2 Å². The summed E-state index contributed by atoms with van der Waals surface area (Å²) in [5.74, 6) is -1.92. The fraction of sp³-hybridized carbons (Fsp3) is 0.500. The lowest BCUT2D eigenvalue weighted by molar-refractivity contribution is -0.127. The van der Waals surface area contributed by atoms with Crippen molar-refractivity contribution in [2.75, 3.05) is 25.0 Å². The Labute approximate surface area is 116 Å². The normalized spacial score (nSPS) is 11.4. The number of nitrogens with zero attached hydrogens (tertiary/aromatic N) is 2. The predicted octanol–water partition coefficient (Wildman–Crippen LogP) is 1.26. The molecule has 0 aromatic carbocycles. The number of alkyl halides is 3. The molecule has 0 unspecified atom stereocenters. The van der Waals surface area contributed by atoms with Crippen molar-refractivity contribution < 1.29 is 27.9 Å². The third-order valence-electron chi connectivity index (χ3n) is 2.34. The second-order valence-corrected chi connectivity index (χ2v) is 4.68. The van der Waals surface area contributed by atoms with Gasteiger partial charge < -0.3 is 15.3 Å². The number of carboxylic acid groups (broad SMARTS) is 1. The SMILES string of the molecule is Cc1nsc(N(C)C(=O)CNCC(F)(F)F)c1C(=O)O. The minimum atomic E-state index is -4.41. The highest BCUT2D eigenvalue weighted by molar-refractivity contribution is 7.11. The highest BCUT2D eigenvalue weighted by Crippen LogP contribution is 2.27. The van der Waals surface area contributed by atoms with E-state index in [1.165, 1.54) is 14.0 Å². The number of rotatable bonds is 5. The number of anilines is 1. The van der Waals surface area contributed by atoms with Crippen molar-refractivity contribution in [1.29, 1.82) is 0 Å². The van der Waals surface area contributed by atoms with Crippen LogP contribution in [-0.2, 0) is 4.79 Å². The fourth-order valence-electron chi connectivity index (χ4n) is 1.38. The van der Waals surface area contributed by atoms with Crippen LogP contribution in [0.1, 0.15) is 16.1 Å². The number of hydrogen-bond acceptors (Lipinski definition) is 5. The van der Waals surface area contributed by atoms with Crippen LogP contribution in [0.5, 0.6) is 0 Å². The molecule has 0 atom stereocenters. The number of carbonyl (C=O) groups is 2. The van der Waals surface area contributed by atoms with E-state index in [0.29, 0.717) is 0 Å². The topological polar surface area (TPSA) is 82.5 Å². The molecule has 0 aliphatic heterocycles. The largest absolute Gasteiger partial charge is 0.478 e. The minimum Gasteiger partial charge on any atom is -0.478 e. The summed E-state index contributed by atoms with van der Waals surface area (Å²) in [4.78, 5) is 23.7. The van der Waals surface area contributed by atoms with Gasteiger partial charge in [0.1, 0.15) is 10.6 Å². The molecule has 0 aliphatic carbocycles. The lowest BCUT2D eigenvalue weighted by Gasteiger charge is -2.16. The Balaban J connectivity index is 2.73. The summed E-state index contributed by atoms with van der Waals surface area (Å²) in [5.41, 5.74) is 0.127. The van der Waals surface area contributed by atoms with Gasteiger partial charge in [0.2, 0.25) is 5.91 Å². The first kappa shape index (κ1) is 16.4. The maximum absolute atomic E-state index is 11.9. The van der Waals surface area contributed by atoms with E-state index in [1.54, 1.807) is 0 Å². The first-order valence-corrected chi connectivity index (χ1v) is 6.14. The first-order chi connectivity index (χ1) is 9.13. The van der Waals surface area contributed by atoms with E-state index in [1.807, 2.05) is 5.32 Å². The van der Waals surface area contributed by atoms with E-state index in [2.05, 4.69) is 4.37 Å². The summed E-state index contributed by atoms with van der Waals surface area (Å²) in [6.45, 7) is -0.365. The van der Waals surface area contributed by atoms with Crippen molar-refractivity contribution in [2.45, 2.75) is 13.1 Å². The maximum Gasteiger partial charge on any atom is 0.401 e. The lowest BCUT2D eigenvalue weighted by Crippen LogP contribution is -2.39. The summed E-state index contributed by atoms with van der Waals surface area (Å²) in [6.07, 6.45) is -4.41. The number of carboxylic acids is 1. The predicted molar refractivity (Wildman–Crippen MR) is 66.1 cm³/mol. The Morgan fingerprint density at radius 3 is 2.55 bits per heavy atom. The van der Waals surface area contributed by atoms with Gasteiger partial charge in [-0.05, 0) is 18.5 Å². The van der Waals surface area contributed by atoms with Gasteiger partial charge >= 0.3 is 12.1 Å². The molecular formula is C10H12F3N3O3S. The van der Waals surface area contributed by atoms with Gasteiger partial charge in [-0.3, -0.25) is 4.79 Å². The summed E-state index contributed by atoms with van der Waals surface area (Å²) in [5, 5.41) is 11.1. The van der Waals surface area contributed by atoms with Crippen LogP contribution in [0.3, 0.4) is 0 Å². The van der Waals surface area contributed by atoms with Crippen LogP contribution in [0.4, 0.5) is 18.2 Å². The molecule has 1 rings (SSSR count). The molecule has 6 nitrogen and oxygen atoms in total. The van der Waals surface area contributed by atoms with E-state index in [0.717, 1.165) is 16.4 Å². The standard InChI is InChI=1S/C10H12F3N3O3S/c1-5-7(9(18)19)8(20-15-5)16(2)6(17)3-14-4-10(11,12)13/h14H,3-4H2,1-2H3,(H,18,19). The summed E-state index contributed by atoms with van der Waals surface area (Å²) < 4.78 is 39.6. The Kier molecular flexibility index (Phi) is 5.06. The number of hydrogen-bond donors (Lipinski definition) is 2. The minimum absolute atomic E-state index is 0.0915. The molecule has 112 valence electrons. The van der Waals surface area contributed by atoms with Crippen LogP contribution >= 0.6 is 11.5 Å². The second-order valence-electron chi connectivity index (χ2n) is 3.92. The summed E-state index contributed by atoms with van der Waals surface area (Å²) >= 11 is 0.804. The molecule has 0 fully saturated rings. The average molecular weight is 311 g/mol. The molecule has 0 bridgehead atoms. The molecule has 1 aromatic rings. The monoisotopic (exact) mass is 311 g/mol. The number of amides is 1. The summed E-state index contributed by atoms with van der Waals surface area (Å²) in [7, 11) is 1.29. The molecule has 10 heteroatoms. The molecule has 0 saturated carbocycles. The van der Waals surface area contributed by atoms with Crippen molar-refractivity contribution in [3.63, 3.8) is 0 Å². The third-order valence-corrected chi connectivity index (χ3v) is 3.36. The van der Waals surface area contributed by atoms with Gasteiger partial charge in [-0.1, -0.05) is 0 Å². The quantitative estimate of drug-likeness (QED) is 0.855. The number of aromatic carboxylic acids is 1. The molecular weight excluding hydrogens is 299 g/mol. The van der Waals surface area contributed by atoms with Crippen molar-refractivity contribution in [3.05, 3.63) is 11.3 Å². The van der Waals surface area contributed by atoms with Gasteiger partial charge in [0.05, 0.1) is 18.8 Å². The van der Waals surface area contributed by atoms with Crippen molar-refractivity contribution in [2.24, 2.45) is 0 Å². The van der Waals surface area contributed by atoms with Crippen LogP contribution in [-0.4, -0.2) is 47.7 Å². The van der Waals surface area contributed by atoms with Crippen LogP contribution in [0.2, 0.25) is 0 Å². The molecule has 1 amide bonds. The number of aryl methyl sites for hydroxylation is 1. The molecule has 20 heavy (non-hydrogen) atoms. The third kappa shape index (κ3) is 4.17. The van der Waals surface area contributed by atoms with Crippen molar-refractivity contribution in [1.82, 2.24) is 9.69 Å². The van der Waals surface area contributed by atoms with E-state index < -0.39 is 31.1 Å². The molecule has 1 aromatic heterocycles. The van der Waals surface area contributed by atoms with Crippen LogP contribution in [0.25, 0.3) is 0 Å². The van der Waals surface area contributed by atoms with Crippen LogP contribution in [0.15, 0.2) is 0 Å². The van der Waals surface area contributed by atoms with E-state index in [-0.39, 0.29) is 16.3 Å². The molecule has 0 radical (unpaired) electrons. The lowest BCUT2D eigenvalue weighted by atomic mass is 10.2. The van der Waals surface area contributed by atoms with Crippen LogP contribution in [0, 0.1) is 6.92 Å². The first-order valence-electron chi connectivity index (χ1n) is 5.37. The Morgan fingerprint density at radius 2 is 2.05 bits per heavy atom. The molecule has 0 spiro atoms. The number of halogens is 3. The van der Waals surface area contributed by atoms with E-state index in [9.17, 15) is 22.8 Å². The number of likely N-dealkylation sites (N-methyl/N-ethyl adjacent to an activating group) is 1. The Hall–Kier alpha value is -1.68. The van der Waals surface area contributed by atoms with Crippen molar-refractivity contribution in [3.8, 4) is 0 Å². The zero-order valence-electron chi connectivity index (χ0n) is 10.6. The van der Waals surface area contributed by atoms with Gasteiger partial charge in [0, 0.05) is 7.05 Å². The highest BCUT2D eigenvalue weighted by Gasteiger charge is 2.28. The maximum atomic E-state index is 11.9. The van der Waals surface area contributed by atoms with Gasteiger partial charge in [0.25, 0.3) is 0 Å². The molecule has 2 N–H and O–H groups in total. The van der Waals surface area contributed by atoms with E-state index in [4.69, 9.17) is 5.11 Å². The van der Waals surface area contributed by atoms with Gasteiger partial charge in [0.15, 0.2) is 0 Å². The highest BCUT2D eigenvalue weighted by atomic mass is 32.1. The van der Waals surface area contributed by atoms with Gasteiger partial charge in [-0.25, -0.2) is 4.79 Å².